The van der Waals surface area contributed by atoms with E-state index in [1.54, 1.807) is 6.07 Å². The Labute approximate surface area is 98.8 Å². The number of anilines is 1. The van der Waals surface area contributed by atoms with Crippen molar-refractivity contribution in [3.05, 3.63) is 28.4 Å². The van der Waals surface area contributed by atoms with Gasteiger partial charge >= 0.3 is 5.82 Å². The first-order chi connectivity index (χ1) is 8.16. The molecular formula is C11H15N3O3. The first-order valence-electron chi connectivity index (χ1n) is 5.69. The van der Waals surface area contributed by atoms with Gasteiger partial charge in [-0.25, -0.2) is 0 Å². The van der Waals surface area contributed by atoms with E-state index in [0.29, 0.717) is 6.54 Å². The summed E-state index contributed by atoms with van der Waals surface area (Å²) < 4.78 is 0. The number of aromatic nitrogens is 1. The van der Waals surface area contributed by atoms with Crippen molar-refractivity contribution in [1.82, 2.24) is 4.98 Å². The maximum absolute atomic E-state index is 10.4. The molecule has 6 nitrogen and oxygen atoms in total. The SMILES string of the molecule is O=[N+]([O-])c1ccc(NCC2CCCC2O)cn1. The van der Waals surface area contributed by atoms with Crippen molar-refractivity contribution in [3.63, 3.8) is 0 Å². The summed E-state index contributed by atoms with van der Waals surface area (Å²) in [7, 11) is 0. The monoisotopic (exact) mass is 237 g/mol. The van der Waals surface area contributed by atoms with Crippen LogP contribution in [0.2, 0.25) is 0 Å². The van der Waals surface area contributed by atoms with E-state index in [0.717, 1.165) is 24.9 Å². The molecule has 0 amide bonds. The van der Waals surface area contributed by atoms with Gasteiger partial charge in [0.15, 0.2) is 6.20 Å². The van der Waals surface area contributed by atoms with Crippen molar-refractivity contribution in [2.24, 2.45) is 5.92 Å². The summed E-state index contributed by atoms with van der Waals surface area (Å²) in [6.45, 7) is 0.681. The van der Waals surface area contributed by atoms with E-state index in [1.165, 1.54) is 12.3 Å². The highest BCUT2D eigenvalue weighted by molar-refractivity contribution is 5.43. The predicted molar refractivity (Wildman–Crippen MR) is 62.7 cm³/mol. The molecule has 1 aromatic heterocycles. The first-order valence-corrected chi connectivity index (χ1v) is 5.69. The Bertz CT molecular complexity index is 393. The van der Waals surface area contributed by atoms with E-state index in [2.05, 4.69) is 10.3 Å². The lowest BCUT2D eigenvalue weighted by molar-refractivity contribution is -0.389. The minimum absolute atomic E-state index is 0.156. The van der Waals surface area contributed by atoms with Gasteiger partial charge in [0.05, 0.1) is 11.8 Å². The first kappa shape index (κ1) is 11.8. The van der Waals surface area contributed by atoms with E-state index in [1.807, 2.05) is 0 Å². The lowest BCUT2D eigenvalue weighted by Crippen LogP contribution is -2.21. The molecule has 1 aliphatic carbocycles. The standard InChI is InChI=1S/C11H15N3O3/c15-10-3-1-2-8(10)6-12-9-4-5-11(13-7-9)14(16)17/h4-5,7-8,10,12,15H,1-3,6H2. The fraction of sp³-hybridized carbons (Fsp3) is 0.545. The summed E-state index contributed by atoms with van der Waals surface area (Å²) in [5, 5.41) is 23.2. The molecule has 92 valence electrons. The lowest BCUT2D eigenvalue weighted by atomic mass is 10.1. The van der Waals surface area contributed by atoms with Crippen LogP contribution in [0.15, 0.2) is 18.3 Å². The summed E-state index contributed by atoms with van der Waals surface area (Å²) in [6.07, 6.45) is 4.17. The minimum atomic E-state index is -0.523. The van der Waals surface area contributed by atoms with Crippen LogP contribution in [0.3, 0.4) is 0 Å². The largest absolute Gasteiger partial charge is 0.393 e. The number of aliphatic hydroxyl groups is 1. The van der Waals surface area contributed by atoms with Crippen LogP contribution in [0.4, 0.5) is 11.5 Å². The van der Waals surface area contributed by atoms with Crippen LogP contribution in [0.25, 0.3) is 0 Å². The van der Waals surface area contributed by atoms with Crippen LogP contribution in [-0.4, -0.2) is 27.7 Å². The van der Waals surface area contributed by atoms with E-state index >= 15 is 0 Å². The van der Waals surface area contributed by atoms with E-state index < -0.39 is 4.92 Å². The molecule has 2 N–H and O–H groups in total. The summed E-state index contributed by atoms with van der Waals surface area (Å²) in [4.78, 5) is 13.6. The number of nitrogens with one attached hydrogen (secondary N) is 1. The van der Waals surface area contributed by atoms with Crippen LogP contribution >= 0.6 is 0 Å². The Morgan fingerprint density at radius 3 is 2.88 bits per heavy atom. The summed E-state index contributed by atoms with van der Waals surface area (Å²) in [5.41, 5.74) is 0.745. The maximum Gasteiger partial charge on any atom is 0.363 e. The Hall–Kier alpha value is -1.69. The fourth-order valence-electron chi connectivity index (χ4n) is 2.10. The second kappa shape index (κ2) is 5.09. The second-order valence-electron chi connectivity index (χ2n) is 4.30. The van der Waals surface area contributed by atoms with Crippen LogP contribution in [0.5, 0.6) is 0 Å². The molecule has 1 heterocycles. The van der Waals surface area contributed by atoms with Gasteiger partial charge in [-0.3, -0.25) is 0 Å². The highest BCUT2D eigenvalue weighted by atomic mass is 16.6. The average molecular weight is 237 g/mol. The van der Waals surface area contributed by atoms with Gasteiger partial charge in [-0.05, 0) is 28.8 Å². The van der Waals surface area contributed by atoms with Gasteiger partial charge in [0.2, 0.25) is 0 Å². The van der Waals surface area contributed by atoms with Gasteiger partial charge in [0.25, 0.3) is 0 Å². The third kappa shape index (κ3) is 2.91. The second-order valence-corrected chi connectivity index (χ2v) is 4.30. The molecule has 6 heteroatoms. The smallest absolute Gasteiger partial charge is 0.363 e. The molecule has 0 saturated heterocycles. The third-order valence-electron chi connectivity index (χ3n) is 3.12. The summed E-state index contributed by atoms with van der Waals surface area (Å²) >= 11 is 0. The molecule has 0 aliphatic heterocycles. The average Bonchev–Trinajstić information content (AvgIpc) is 2.73. The van der Waals surface area contributed by atoms with Crippen molar-refractivity contribution in [2.45, 2.75) is 25.4 Å². The molecule has 17 heavy (non-hydrogen) atoms. The number of hydrogen-bond donors (Lipinski definition) is 2. The molecule has 1 aliphatic rings. The molecule has 0 bridgehead atoms. The zero-order chi connectivity index (χ0) is 12.3. The Kier molecular flexibility index (Phi) is 3.53. The van der Waals surface area contributed by atoms with Crippen LogP contribution in [0.1, 0.15) is 19.3 Å². The molecule has 0 radical (unpaired) electrons. The molecule has 2 unspecified atom stereocenters. The molecule has 0 spiro atoms. The van der Waals surface area contributed by atoms with Gasteiger partial charge in [-0.15, -0.1) is 0 Å². The molecular weight excluding hydrogens is 222 g/mol. The number of aliphatic hydroxyl groups excluding tert-OH is 1. The molecule has 0 aromatic carbocycles. The van der Waals surface area contributed by atoms with Crippen LogP contribution < -0.4 is 5.32 Å². The Balaban J connectivity index is 1.88. The fourth-order valence-corrected chi connectivity index (χ4v) is 2.10. The van der Waals surface area contributed by atoms with Crippen molar-refractivity contribution in [3.8, 4) is 0 Å². The Morgan fingerprint density at radius 1 is 1.53 bits per heavy atom. The van der Waals surface area contributed by atoms with Gasteiger partial charge in [0.1, 0.15) is 0 Å². The predicted octanol–water partition coefficient (Wildman–Crippen LogP) is 1.56. The zero-order valence-corrected chi connectivity index (χ0v) is 9.37. The van der Waals surface area contributed by atoms with Crippen molar-refractivity contribution >= 4 is 11.5 Å². The number of nitrogens with zero attached hydrogens (tertiary/aromatic N) is 2. The lowest BCUT2D eigenvalue weighted by Gasteiger charge is -2.15. The summed E-state index contributed by atoms with van der Waals surface area (Å²) in [5.74, 6) is 0.113. The quantitative estimate of drug-likeness (QED) is 0.612. The van der Waals surface area contributed by atoms with Crippen LogP contribution in [-0.2, 0) is 0 Å². The molecule has 2 atom stereocenters. The van der Waals surface area contributed by atoms with E-state index in [9.17, 15) is 15.2 Å². The van der Waals surface area contributed by atoms with Gasteiger partial charge < -0.3 is 20.5 Å². The molecule has 2 rings (SSSR count). The maximum atomic E-state index is 10.4. The number of rotatable bonds is 4. The number of nitro groups is 1. The van der Waals surface area contributed by atoms with E-state index in [-0.39, 0.29) is 17.8 Å². The highest BCUT2D eigenvalue weighted by Gasteiger charge is 2.24. The normalized spacial score (nSPS) is 23.6. The van der Waals surface area contributed by atoms with Crippen molar-refractivity contribution in [2.75, 3.05) is 11.9 Å². The van der Waals surface area contributed by atoms with E-state index in [4.69, 9.17) is 0 Å². The molecule has 1 aromatic rings. The highest BCUT2D eigenvalue weighted by Crippen LogP contribution is 2.25. The molecule has 1 saturated carbocycles. The minimum Gasteiger partial charge on any atom is -0.393 e. The zero-order valence-electron chi connectivity index (χ0n) is 9.37. The number of hydrogen-bond acceptors (Lipinski definition) is 5. The van der Waals surface area contributed by atoms with Crippen molar-refractivity contribution in [1.29, 1.82) is 0 Å². The van der Waals surface area contributed by atoms with Gasteiger partial charge in [0, 0.05) is 18.5 Å². The Morgan fingerprint density at radius 2 is 2.35 bits per heavy atom. The van der Waals surface area contributed by atoms with Crippen molar-refractivity contribution < 1.29 is 10.0 Å². The summed E-state index contributed by atoms with van der Waals surface area (Å²) in [6, 6.07) is 3.00. The van der Waals surface area contributed by atoms with Gasteiger partial charge in [-0.2, -0.15) is 0 Å². The number of pyridine rings is 1. The third-order valence-corrected chi connectivity index (χ3v) is 3.12. The molecule has 1 fully saturated rings. The van der Waals surface area contributed by atoms with Gasteiger partial charge in [-0.1, -0.05) is 6.42 Å². The topological polar surface area (TPSA) is 88.3 Å². The van der Waals surface area contributed by atoms with Crippen LogP contribution in [0, 0.1) is 16.0 Å².